The summed E-state index contributed by atoms with van der Waals surface area (Å²) in [5, 5.41) is 0. The van der Waals surface area contributed by atoms with Crippen LogP contribution in [0.3, 0.4) is 0 Å². The zero-order chi connectivity index (χ0) is 16.9. The molecule has 0 saturated carbocycles. The molecular formula is C16H23NO5S. The lowest BCUT2D eigenvalue weighted by atomic mass is 10.1. The summed E-state index contributed by atoms with van der Waals surface area (Å²) in [6.45, 7) is 2.56. The van der Waals surface area contributed by atoms with Gasteiger partial charge in [-0.15, -0.1) is 0 Å². The zero-order valence-corrected chi connectivity index (χ0v) is 14.3. The van der Waals surface area contributed by atoms with Crippen molar-refractivity contribution in [2.24, 2.45) is 5.92 Å². The molecule has 0 radical (unpaired) electrons. The van der Waals surface area contributed by atoms with Gasteiger partial charge in [0.15, 0.2) is 0 Å². The molecule has 0 aromatic heterocycles. The Hall–Kier alpha value is -1.44. The summed E-state index contributed by atoms with van der Waals surface area (Å²) in [5.41, 5.74) is 1.11. The van der Waals surface area contributed by atoms with Crippen molar-refractivity contribution in [3.05, 3.63) is 35.9 Å². The van der Waals surface area contributed by atoms with E-state index in [1.54, 1.807) is 6.92 Å². The van der Waals surface area contributed by atoms with Gasteiger partial charge in [0.2, 0.25) is 10.0 Å². The van der Waals surface area contributed by atoms with Gasteiger partial charge in [0.25, 0.3) is 0 Å². The Labute approximate surface area is 137 Å². The van der Waals surface area contributed by atoms with Crippen molar-refractivity contribution in [3.63, 3.8) is 0 Å². The van der Waals surface area contributed by atoms with Gasteiger partial charge >= 0.3 is 5.97 Å². The fraction of sp³-hybridized carbons (Fsp3) is 0.562. The Morgan fingerprint density at radius 3 is 2.74 bits per heavy atom. The summed E-state index contributed by atoms with van der Waals surface area (Å²) >= 11 is 0. The van der Waals surface area contributed by atoms with E-state index in [2.05, 4.69) is 4.74 Å². The highest BCUT2D eigenvalue weighted by molar-refractivity contribution is 7.89. The van der Waals surface area contributed by atoms with E-state index >= 15 is 0 Å². The maximum Gasteiger partial charge on any atom is 0.309 e. The Morgan fingerprint density at radius 1 is 1.39 bits per heavy atom. The molecule has 0 bridgehead atoms. The predicted molar refractivity (Wildman–Crippen MR) is 86.4 cm³/mol. The highest BCUT2D eigenvalue weighted by Crippen LogP contribution is 2.16. The molecule has 2 atom stereocenters. The van der Waals surface area contributed by atoms with E-state index in [1.807, 2.05) is 30.3 Å². The molecular weight excluding hydrogens is 318 g/mol. The topological polar surface area (TPSA) is 72.9 Å². The lowest BCUT2D eigenvalue weighted by Gasteiger charge is -2.32. The van der Waals surface area contributed by atoms with Crippen LogP contribution in [0.15, 0.2) is 30.3 Å². The molecule has 0 spiro atoms. The van der Waals surface area contributed by atoms with Crippen molar-refractivity contribution in [1.29, 1.82) is 0 Å². The maximum absolute atomic E-state index is 12.5. The zero-order valence-electron chi connectivity index (χ0n) is 13.5. The van der Waals surface area contributed by atoms with Gasteiger partial charge in [-0.2, -0.15) is 4.31 Å². The summed E-state index contributed by atoms with van der Waals surface area (Å²) in [7, 11) is -2.25. The standard InChI is InChI=1S/C16H23NO5S/c1-13(16(18)21-2)12-23(19,20)17-8-9-22-15(11-17)10-14-6-4-3-5-7-14/h3-7,13,15H,8-12H2,1-2H3. The molecule has 6 nitrogen and oxygen atoms in total. The third kappa shape index (κ3) is 5.02. The molecule has 0 N–H and O–H groups in total. The molecule has 1 aromatic rings. The monoisotopic (exact) mass is 341 g/mol. The van der Waals surface area contributed by atoms with Crippen molar-refractivity contribution in [2.75, 3.05) is 32.6 Å². The minimum atomic E-state index is -3.51. The number of nitrogens with zero attached hydrogens (tertiary/aromatic N) is 1. The van der Waals surface area contributed by atoms with Crippen LogP contribution in [-0.2, 0) is 30.7 Å². The summed E-state index contributed by atoms with van der Waals surface area (Å²) in [5.74, 6) is -1.43. The second-order valence-electron chi connectivity index (χ2n) is 5.74. The highest BCUT2D eigenvalue weighted by atomic mass is 32.2. The van der Waals surface area contributed by atoms with E-state index in [1.165, 1.54) is 11.4 Å². The molecule has 2 rings (SSSR count). The molecule has 23 heavy (non-hydrogen) atoms. The van der Waals surface area contributed by atoms with E-state index in [4.69, 9.17) is 4.74 Å². The Kier molecular flexibility index (Phi) is 6.15. The minimum Gasteiger partial charge on any atom is -0.469 e. The number of benzene rings is 1. The van der Waals surface area contributed by atoms with Crippen LogP contribution in [0.2, 0.25) is 0 Å². The number of sulfonamides is 1. The molecule has 1 aliphatic rings. The van der Waals surface area contributed by atoms with E-state index < -0.39 is 21.9 Å². The summed E-state index contributed by atoms with van der Waals surface area (Å²) in [6.07, 6.45) is 0.494. The van der Waals surface area contributed by atoms with Gasteiger partial charge in [-0.05, 0) is 12.0 Å². The van der Waals surface area contributed by atoms with E-state index in [9.17, 15) is 13.2 Å². The predicted octanol–water partition coefficient (Wildman–Crippen LogP) is 1.07. The van der Waals surface area contributed by atoms with Crippen LogP contribution in [0, 0.1) is 5.92 Å². The fourth-order valence-corrected chi connectivity index (χ4v) is 4.36. The number of esters is 1. The van der Waals surface area contributed by atoms with E-state index in [-0.39, 0.29) is 11.9 Å². The van der Waals surface area contributed by atoms with Crippen LogP contribution < -0.4 is 0 Å². The normalized spacial score (nSPS) is 20.9. The largest absolute Gasteiger partial charge is 0.469 e. The Morgan fingerprint density at radius 2 is 2.09 bits per heavy atom. The lowest BCUT2D eigenvalue weighted by molar-refractivity contribution is -0.144. The van der Waals surface area contributed by atoms with Crippen LogP contribution in [0.25, 0.3) is 0 Å². The number of carbonyl (C=O) groups is 1. The van der Waals surface area contributed by atoms with Crippen molar-refractivity contribution in [2.45, 2.75) is 19.4 Å². The molecule has 128 valence electrons. The number of hydrogen-bond donors (Lipinski definition) is 0. The van der Waals surface area contributed by atoms with Crippen LogP contribution in [0.5, 0.6) is 0 Å². The Bertz CT molecular complexity index is 617. The molecule has 1 fully saturated rings. The summed E-state index contributed by atoms with van der Waals surface area (Å²) in [4.78, 5) is 11.4. The smallest absolute Gasteiger partial charge is 0.309 e. The first-order chi connectivity index (χ1) is 10.9. The number of morpholine rings is 1. The van der Waals surface area contributed by atoms with E-state index in [0.29, 0.717) is 26.1 Å². The van der Waals surface area contributed by atoms with Gasteiger partial charge in [-0.1, -0.05) is 37.3 Å². The molecule has 1 saturated heterocycles. The number of ether oxygens (including phenoxy) is 2. The van der Waals surface area contributed by atoms with Gasteiger partial charge < -0.3 is 9.47 Å². The maximum atomic E-state index is 12.5. The first-order valence-electron chi connectivity index (χ1n) is 7.63. The van der Waals surface area contributed by atoms with Gasteiger partial charge in [0, 0.05) is 13.1 Å². The molecule has 1 heterocycles. The molecule has 7 heteroatoms. The summed E-state index contributed by atoms with van der Waals surface area (Å²) < 4.78 is 36.7. The minimum absolute atomic E-state index is 0.172. The number of carbonyl (C=O) groups excluding carboxylic acids is 1. The summed E-state index contributed by atoms with van der Waals surface area (Å²) in [6, 6.07) is 9.83. The van der Waals surface area contributed by atoms with Gasteiger partial charge in [0.1, 0.15) is 0 Å². The quantitative estimate of drug-likeness (QED) is 0.724. The number of hydrogen-bond acceptors (Lipinski definition) is 5. The van der Waals surface area contributed by atoms with Gasteiger partial charge in [0.05, 0.1) is 31.5 Å². The Balaban J connectivity index is 1.98. The highest BCUT2D eigenvalue weighted by Gasteiger charge is 2.32. The second-order valence-corrected chi connectivity index (χ2v) is 7.76. The average Bonchev–Trinajstić information content (AvgIpc) is 2.55. The van der Waals surface area contributed by atoms with Crippen molar-refractivity contribution in [3.8, 4) is 0 Å². The SMILES string of the molecule is COC(=O)C(C)CS(=O)(=O)N1CCOC(Cc2ccccc2)C1. The van der Waals surface area contributed by atoms with Crippen LogP contribution in [-0.4, -0.2) is 57.4 Å². The molecule has 0 aliphatic carbocycles. The second kappa shape index (κ2) is 7.90. The van der Waals surface area contributed by atoms with Crippen LogP contribution in [0.4, 0.5) is 0 Å². The van der Waals surface area contributed by atoms with Crippen molar-refractivity contribution in [1.82, 2.24) is 4.31 Å². The van der Waals surface area contributed by atoms with Crippen molar-refractivity contribution < 1.29 is 22.7 Å². The lowest BCUT2D eigenvalue weighted by Crippen LogP contribution is -2.48. The first kappa shape index (κ1) is 17.9. The number of rotatable bonds is 6. The average molecular weight is 341 g/mol. The third-order valence-electron chi connectivity index (χ3n) is 3.87. The van der Waals surface area contributed by atoms with Crippen LogP contribution in [0.1, 0.15) is 12.5 Å². The molecule has 0 amide bonds. The first-order valence-corrected chi connectivity index (χ1v) is 9.24. The van der Waals surface area contributed by atoms with Gasteiger partial charge in [-0.25, -0.2) is 8.42 Å². The molecule has 1 aromatic carbocycles. The molecule has 1 aliphatic heterocycles. The molecule has 2 unspecified atom stereocenters. The van der Waals surface area contributed by atoms with E-state index in [0.717, 1.165) is 5.56 Å². The van der Waals surface area contributed by atoms with Crippen molar-refractivity contribution >= 4 is 16.0 Å². The number of methoxy groups -OCH3 is 1. The van der Waals surface area contributed by atoms with Gasteiger partial charge in [-0.3, -0.25) is 4.79 Å². The third-order valence-corrected chi connectivity index (χ3v) is 5.90. The fourth-order valence-electron chi connectivity index (χ4n) is 2.64. The van der Waals surface area contributed by atoms with Crippen LogP contribution >= 0.6 is 0 Å².